The number of carboxylic acids is 1. The summed E-state index contributed by atoms with van der Waals surface area (Å²) in [7, 11) is 0. The molecule has 4 nitrogen and oxygen atoms in total. The monoisotopic (exact) mass is 215 g/mol. The van der Waals surface area contributed by atoms with Crippen molar-refractivity contribution >= 4 is 11.9 Å². The first-order valence-electron chi connectivity index (χ1n) is 4.92. The molecule has 0 bridgehead atoms. The van der Waals surface area contributed by atoms with Crippen molar-refractivity contribution in [3.63, 3.8) is 0 Å². The summed E-state index contributed by atoms with van der Waals surface area (Å²) in [6.07, 6.45) is 0. The molecule has 0 radical (unpaired) electrons. The molecule has 15 heavy (non-hydrogen) atoms. The average Bonchev–Trinajstić information content (AvgIpc) is 2.02. The zero-order valence-corrected chi connectivity index (χ0v) is 10.3. The van der Waals surface area contributed by atoms with Crippen LogP contribution in [0.15, 0.2) is 0 Å². The first-order valence-corrected chi connectivity index (χ1v) is 4.92. The fraction of sp³-hybridized carbons (Fsp3) is 0.818. The van der Waals surface area contributed by atoms with E-state index < -0.39 is 28.1 Å². The summed E-state index contributed by atoms with van der Waals surface area (Å²) >= 11 is 0. The van der Waals surface area contributed by atoms with Crippen LogP contribution in [0.3, 0.4) is 0 Å². The molecule has 0 aliphatic heterocycles. The predicted molar refractivity (Wildman–Crippen MR) is 58.2 cm³/mol. The van der Waals surface area contributed by atoms with Crippen LogP contribution in [0.25, 0.3) is 0 Å². The molecule has 0 rings (SSSR count). The summed E-state index contributed by atoms with van der Waals surface area (Å²) in [4.78, 5) is 22.6. The fourth-order valence-corrected chi connectivity index (χ4v) is 1.36. The minimum absolute atomic E-state index is 0.484. The van der Waals surface area contributed by atoms with E-state index in [-0.39, 0.29) is 0 Å². The highest BCUT2D eigenvalue weighted by Crippen LogP contribution is 2.51. The van der Waals surface area contributed by atoms with Gasteiger partial charge in [-0.3, -0.25) is 9.59 Å². The van der Waals surface area contributed by atoms with E-state index in [9.17, 15) is 9.59 Å². The summed E-state index contributed by atoms with van der Waals surface area (Å²) < 4.78 is 0. The maximum atomic E-state index is 11.4. The van der Waals surface area contributed by atoms with E-state index in [4.69, 9.17) is 10.8 Å². The third-order valence-electron chi connectivity index (χ3n) is 4.28. The molecule has 0 spiro atoms. The molecule has 0 aromatic heterocycles. The molecule has 3 N–H and O–H groups in total. The number of amides is 1. The lowest BCUT2D eigenvalue weighted by Crippen LogP contribution is -2.54. The molecule has 0 aromatic carbocycles. The molecule has 0 unspecified atom stereocenters. The number of primary amides is 1. The second kappa shape index (κ2) is 3.51. The smallest absolute Gasteiger partial charge is 0.309 e. The van der Waals surface area contributed by atoms with Crippen molar-refractivity contribution in [3.8, 4) is 0 Å². The lowest BCUT2D eigenvalue weighted by Gasteiger charge is -2.47. The number of carbonyl (C=O) groups excluding carboxylic acids is 1. The van der Waals surface area contributed by atoms with E-state index in [0.29, 0.717) is 0 Å². The van der Waals surface area contributed by atoms with Gasteiger partial charge in [0.25, 0.3) is 0 Å². The maximum Gasteiger partial charge on any atom is 0.309 e. The Labute approximate surface area is 90.8 Å². The first kappa shape index (κ1) is 13.9. The zero-order valence-electron chi connectivity index (χ0n) is 10.3. The molecule has 0 heterocycles. The van der Waals surface area contributed by atoms with Gasteiger partial charge in [0.15, 0.2) is 0 Å². The van der Waals surface area contributed by atoms with Gasteiger partial charge in [-0.05, 0) is 19.3 Å². The van der Waals surface area contributed by atoms with Gasteiger partial charge in [-0.2, -0.15) is 0 Å². The van der Waals surface area contributed by atoms with E-state index in [2.05, 4.69) is 0 Å². The van der Waals surface area contributed by atoms with E-state index >= 15 is 0 Å². The molecule has 1 amide bonds. The van der Waals surface area contributed by atoms with Crippen molar-refractivity contribution in [1.82, 2.24) is 0 Å². The maximum absolute atomic E-state index is 11.4. The van der Waals surface area contributed by atoms with Gasteiger partial charge in [0.05, 0.1) is 5.41 Å². The number of aliphatic carboxylic acids is 1. The Morgan fingerprint density at radius 1 is 0.933 bits per heavy atom. The van der Waals surface area contributed by atoms with E-state index in [1.807, 2.05) is 0 Å². The average molecular weight is 215 g/mol. The fourth-order valence-electron chi connectivity index (χ4n) is 1.36. The van der Waals surface area contributed by atoms with Crippen molar-refractivity contribution in [3.05, 3.63) is 0 Å². The largest absolute Gasteiger partial charge is 0.481 e. The van der Waals surface area contributed by atoms with Crippen LogP contribution in [0.4, 0.5) is 0 Å². The van der Waals surface area contributed by atoms with Crippen LogP contribution in [0.1, 0.15) is 41.5 Å². The molecule has 4 heteroatoms. The van der Waals surface area contributed by atoms with Gasteiger partial charge in [0.1, 0.15) is 0 Å². The third-order valence-corrected chi connectivity index (χ3v) is 4.28. The third kappa shape index (κ3) is 1.85. The number of hydrogen-bond donors (Lipinski definition) is 2. The lowest BCUT2D eigenvalue weighted by atomic mass is 9.54. The Bertz CT molecular complexity index is 262. The van der Waals surface area contributed by atoms with E-state index in [0.717, 1.165) is 0 Å². The van der Waals surface area contributed by atoms with Crippen LogP contribution in [0.5, 0.6) is 0 Å². The van der Waals surface area contributed by atoms with Gasteiger partial charge < -0.3 is 10.8 Å². The Kier molecular flexibility index (Phi) is 3.26. The molecular weight excluding hydrogens is 194 g/mol. The Balaban J connectivity index is 5.50. The van der Waals surface area contributed by atoms with Crippen molar-refractivity contribution in [2.24, 2.45) is 22.0 Å². The van der Waals surface area contributed by atoms with Crippen LogP contribution in [0, 0.1) is 16.2 Å². The molecule has 0 atom stereocenters. The van der Waals surface area contributed by atoms with Crippen molar-refractivity contribution in [2.75, 3.05) is 0 Å². The molecule has 0 aliphatic rings. The summed E-state index contributed by atoms with van der Waals surface area (Å²) in [5.74, 6) is -1.41. The number of hydrogen-bond acceptors (Lipinski definition) is 2. The normalized spacial score (nSPS) is 13.7. The summed E-state index contributed by atoms with van der Waals surface area (Å²) in [5.41, 5.74) is 2.68. The first-order chi connectivity index (χ1) is 6.39. The quantitative estimate of drug-likeness (QED) is 0.748. The molecule has 0 saturated heterocycles. The number of carboxylic acid groups (broad SMARTS) is 1. The number of rotatable bonds is 4. The molecular formula is C11H21NO3. The minimum Gasteiger partial charge on any atom is -0.481 e. The Morgan fingerprint density at radius 3 is 1.47 bits per heavy atom. The molecule has 0 aliphatic carbocycles. The summed E-state index contributed by atoms with van der Waals surface area (Å²) in [5, 5.41) is 9.17. The van der Waals surface area contributed by atoms with Gasteiger partial charge in [-0.15, -0.1) is 0 Å². The molecule has 0 saturated carbocycles. The summed E-state index contributed by atoms with van der Waals surface area (Å²) in [6, 6.07) is 0. The van der Waals surface area contributed by atoms with Crippen molar-refractivity contribution < 1.29 is 14.7 Å². The Hall–Kier alpha value is -1.06. The lowest BCUT2D eigenvalue weighted by molar-refractivity contribution is -0.163. The van der Waals surface area contributed by atoms with Crippen LogP contribution in [-0.4, -0.2) is 17.0 Å². The van der Waals surface area contributed by atoms with E-state index in [1.54, 1.807) is 41.5 Å². The highest BCUT2D eigenvalue weighted by Gasteiger charge is 2.54. The highest BCUT2D eigenvalue weighted by atomic mass is 16.4. The van der Waals surface area contributed by atoms with Crippen LogP contribution >= 0.6 is 0 Å². The SMILES string of the molecule is CC(C)(C(N)=O)C(C)(C)C(C)(C)C(=O)O. The van der Waals surface area contributed by atoms with E-state index in [1.165, 1.54) is 0 Å². The highest BCUT2D eigenvalue weighted by molar-refractivity contribution is 5.83. The molecule has 0 aromatic rings. The minimum atomic E-state index is -1.02. The topological polar surface area (TPSA) is 80.4 Å². The van der Waals surface area contributed by atoms with Gasteiger partial charge >= 0.3 is 5.97 Å². The van der Waals surface area contributed by atoms with Crippen LogP contribution in [-0.2, 0) is 9.59 Å². The van der Waals surface area contributed by atoms with Gasteiger partial charge in [-0.1, -0.05) is 27.7 Å². The molecule has 0 fully saturated rings. The second-order valence-corrected chi connectivity index (χ2v) is 5.54. The summed E-state index contributed by atoms with van der Waals surface area (Å²) in [6.45, 7) is 10.1. The standard InChI is InChI=1S/C11H21NO3/c1-9(2,7(12)13)11(5,6)10(3,4)8(14)15/h1-6H3,(H2,12,13)(H,14,15). The number of carbonyl (C=O) groups is 2. The van der Waals surface area contributed by atoms with Gasteiger partial charge in [0, 0.05) is 5.41 Å². The number of nitrogens with two attached hydrogens (primary N) is 1. The zero-order chi connectivity index (χ0) is 12.7. The van der Waals surface area contributed by atoms with Crippen LogP contribution < -0.4 is 5.73 Å². The van der Waals surface area contributed by atoms with Crippen LogP contribution in [0.2, 0.25) is 0 Å². The Morgan fingerprint density at radius 2 is 1.27 bits per heavy atom. The van der Waals surface area contributed by atoms with Crippen molar-refractivity contribution in [2.45, 2.75) is 41.5 Å². The van der Waals surface area contributed by atoms with Crippen molar-refractivity contribution in [1.29, 1.82) is 0 Å². The van der Waals surface area contributed by atoms with Gasteiger partial charge in [-0.25, -0.2) is 0 Å². The second-order valence-electron chi connectivity index (χ2n) is 5.54. The molecule has 88 valence electrons. The van der Waals surface area contributed by atoms with Gasteiger partial charge in [0.2, 0.25) is 5.91 Å². The predicted octanol–water partition coefficient (Wildman–Crippen LogP) is 1.63.